The summed E-state index contributed by atoms with van der Waals surface area (Å²) in [6, 6.07) is 54.4. The largest absolute Gasteiger partial charge is 0.372 e. The van der Waals surface area contributed by atoms with E-state index in [2.05, 4.69) is 257 Å². The van der Waals surface area contributed by atoms with Crippen LogP contribution in [0.15, 0.2) is 164 Å². The van der Waals surface area contributed by atoms with Gasteiger partial charge in [0, 0.05) is 22.7 Å². The molecule has 1 N–H and O–H groups in total. The highest BCUT2D eigenvalue weighted by Gasteiger charge is 2.31. The summed E-state index contributed by atoms with van der Waals surface area (Å²) < 4.78 is 0. The average Bonchev–Trinajstić information content (AvgIpc) is 3.21. The Kier molecular flexibility index (Phi) is 11.4. The summed E-state index contributed by atoms with van der Waals surface area (Å²) in [6.45, 7) is 27.2. The van der Waals surface area contributed by atoms with E-state index < -0.39 is 0 Å². The lowest BCUT2D eigenvalue weighted by Gasteiger charge is -2.36. The van der Waals surface area contributed by atoms with Gasteiger partial charge in [-0.05, 0) is 127 Å². The van der Waals surface area contributed by atoms with E-state index in [1.165, 1.54) is 50.1 Å². The molecule has 0 spiro atoms. The molecular weight excluding hydrogens is 725 g/mol. The minimum absolute atomic E-state index is 0.0960. The van der Waals surface area contributed by atoms with Crippen molar-refractivity contribution in [1.29, 1.82) is 0 Å². The van der Waals surface area contributed by atoms with Crippen LogP contribution >= 0.6 is 0 Å². The monoisotopic (exact) mass is 791 g/mol. The van der Waals surface area contributed by atoms with E-state index in [1.807, 2.05) is 0 Å². The molecule has 1 atom stereocenters. The van der Waals surface area contributed by atoms with Crippen LogP contribution in [0.25, 0.3) is 16.7 Å². The van der Waals surface area contributed by atoms with Crippen LogP contribution in [0.2, 0.25) is 0 Å². The van der Waals surface area contributed by atoms with Gasteiger partial charge in [-0.1, -0.05) is 198 Å². The van der Waals surface area contributed by atoms with Gasteiger partial charge in [-0.15, -0.1) is 0 Å². The lowest BCUT2D eigenvalue weighted by Crippen LogP contribution is -2.34. The van der Waals surface area contributed by atoms with Gasteiger partial charge in [-0.25, -0.2) is 0 Å². The number of rotatable bonds is 8. The van der Waals surface area contributed by atoms with Crippen molar-refractivity contribution in [3.8, 4) is 11.1 Å². The molecule has 308 valence electrons. The summed E-state index contributed by atoms with van der Waals surface area (Å²) in [6.07, 6.45) is 7.91. The number of hydrogen-bond acceptors (Lipinski definition) is 2. The zero-order valence-corrected chi connectivity index (χ0v) is 38.2. The van der Waals surface area contributed by atoms with Gasteiger partial charge in [0.15, 0.2) is 0 Å². The molecule has 7 rings (SSSR count). The number of allylic oxidation sites excluding steroid dienone is 2. The first-order chi connectivity index (χ1) is 28.2. The van der Waals surface area contributed by atoms with Crippen LogP contribution in [0.4, 0.5) is 22.7 Å². The van der Waals surface area contributed by atoms with Gasteiger partial charge in [0.05, 0.1) is 5.54 Å². The van der Waals surface area contributed by atoms with E-state index in [-0.39, 0.29) is 27.2 Å². The molecule has 6 aromatic rings. The van der Waals surface area contributed by atoms with Crippen molar-refractivity contribution in [2.24, 2.45) is 0 Å². The third-order valence-electron chi connectivity index (χ3n) is 12.2. The SMILES string of the molecule is CC(C)(C)c1ccc(NC2(c3ccc(C(C)(C)C)cc3)C=CC(c3ccc(-c4ccc(N(c5ccc(C(C)(C)C)cc5)c5ccc(C(C)(C)C)cc5)cc4)cc3)=CC2)cc1. The molecule has 2 heteroatoms. The number of nitrogens with zero attached hydrogens (tertiary/aromatic N) is 1. The van der Waals surface area contributed by atoms with Crippen molar-refractivity contribution < 1.29 is 0 Å². The normalized spacial score (nSPS) is 16.0. The van der Waals surface area contributed by atoms with Crippen LogP contribution < -0.4 is 10.2 Å². The van der Waals surface area contributed by atoms with Crippen molar-refractivity contribution in [1.82, 2.24) is 0 Å². The highest BCUT2D eigenvalue weighted by molar-refractivity contribution is 5.81. The predicted octanol–water partition coefficient (Wildman–Crippen LogP) is 16.4. The van der Waals surface area contributed by atoms with Crippen molar-refractivity contribution in [3.05, 3.63) is 197 Å². The molecule has 0 radical (unpaired) electrons. The molecule has 0 aromatic heterocycles. The zero-order chi connectivity index (χ0) is 43.1. The number of hydrogen-bond donors (Lipinski definition) is 1. The molecule has 0 bridgehead atoms. The lowest BCUT2D eigenvalue weighted by molar-refractivity contribution is 0.584. The molecule has 0 saturated carbocycles. The van der Waals surface area contributed by atoms with Crippen molar-refractivity contribution in [3.63, 3.8) is 0 Å². The Morgan fingerprint density at radius 2 is 0.733 bits per heavy atom. The molecule has 1 aliphatic rings. The zero-order valence-electron chi connectivity index (χ0n) is 38.2. The van der Waals surface area contributed by atoms with Crippen LogP contribution in [0.5, 0.6) is 0 Å². The Bertz CT molecular complexity index is 2380. The second-order valence-electron chi connectivity index (χ2n) is 21.0. The molecule has 60 heavy (non-hydrogen) atoms. The Labute approximate surface area is 362 Å². The highest BCUT2D eigenvalue weighted by Crippen LogP contribution is 2.41. The van der Waals surface area contributed by atoms with Gasteiger partial charge in [0.1, 0.15) is 0 Å². The van der Waals surface area contributed by atoms with Crippen molar-refractivity contribution in [2.75, 3.05) is 10.2 Å². The van der Waals surface area contributed by atoms with Crippen molar-refractivity contribution in [2.45, 2.75) is 117 Å². The fourth-order valence-corrected chi connectivity index (χ4v) is 8.14. The van der Waals surface area contributed by atoms with Gasteiger partial charge in [-0.2, -0.15) is 0 Å². The molecular formula is C58H66N2. The van der Waals surface area contributed by atoms with E-state index in [0.717, 1.165) is 29.2 Å². The first-order valence-corrected chi connectivity index (χ1v) is 21.8. The van der Waals surface area contributed by atoms with E-state index in [4.69, 9.17) is 0 Å². The molecule has 0 saturated heterocycles. The van der Waals surface area contributed by atoms with Gasteiger partial charge in [-0.3, -0.25) is 0 Å². The summed E-state index contributed by atoms with van der Waals surface area (Å²) in [7, 11) is 0. The maximum Gasteiger partial charge on any atom is 0.0847 e. The minimum Gasteiger partial charge on any atom is -0.372 e. The summed E-state index contributed by atoms with van der Waals surface area (Å²) in [5.74, 6) is 0. The van der Waals surface area contributed by atoms with Gasteiger partial charge in [0.2, 0.25) is 0 Å². The second-order valence-corrected chi connectivity index (χ2v) is 21.0. The third kappa shape index (κ3) is 9.39. The Hall–Kier alpha value is -5.60. The summed E-state index contributed by atoms with van der Waals surface area (Å²) in [5, 5.41) is 3.97. The summed E-state index contributed by atoms with van der Waals surface area (Å²) >= 11 is 0. The minimum atomic E-state index is -0.359. The fraction of sp³-hybridized carbons (Fsp3) is 0.310. The first kappa shape index (κ1) is 42.5. The van der Waals surface area contributed by atoms with E-state index in [1.54, 1.807) is 0 Å². The van der Waals surface area contributed by atoms with Crippen LogP contribution in [-0.4, -0.2) is 0 Å². The van der Waals surface area contributed by atoms with Crippen LogP contribution in [0.1, 0.15) is 123 Å². The highest BCUT2D eigenvalue weighted by atomic mass is 15.1. The number of anilines is 4. The molecule has 1 unspecified atom stereocenters. The molecule has 0 amide bonds. The van der Waals surface area contributed by atoms with Crippen molar-refractivity contribution >= 4 is 28.3 Å². The number of nitrogens with one attached hydrogen (secondary N) is 1. The predicted molar refractivity (Wildman–Crippen MR) is 261 cm³/mol. The first-order valence-electron chi connectivity index (χ1n) is 21.8. The van der Waals surface area contributed by atoms with Crippen LogP contribution in [-0.2, 0) is 27.2 Å². The quantitative estimate of drug-likeness (QED) is 0.165. The molecule has 6 aromatic carbocycles. The molecule has 0 aliphatic heterocycles. The maximum atomic E-state index is 3.97. The Morgan fingerprint density at radius 3 is 1.10 bits per heavy atom. The average molecular weight is 791 g/mol. The van der Waals surface area contributed by atoms with Crippen LogP contribution in [0, 0.1) is 0 Å². The number of benzene rings is 6. The second kappa shape index (κ2) is 16.1. The molecule has 2 nitrogen and oxygen atoms in total. The van der Waals surface area contributed by atoms with Crippen LogP contribution in [0.3, 0.4) is 0 Å². The van der Waals surface area contributed by atoms with Gasteiger partial charge in [0.25, 0.3) is 0 Å². The van der Waals surface area contributed by atoms with Gasteiger partial charge < -0.3 is 10.2 Å². The molecule has 1 aliphatic carbocycles. The van der Waals surface area contributed by atoms with E-state index in [9.17, 15) is 0 Å². The Morgan fingerprint density at radius 1 is 0.400 bits per heavy atom. The Balaban J connectivity index is 1.13. The smallest absolute Gasteiger partial charge is 0.0847 e. The molecule has 0 fully saturated rings. The fourth-order valence-electron chi connectivity index (χ4n) is 8.14. The lowest BCUT2D eigenvalue weighted by atomic mass is 9.79. The maximum absolute atomic E-state index is 3.97. The topological polar surface area (TPSA) is 15.3 Å². The third-order valence-corrected chi connectivity index (χ3v) is 12.2. The standard InChI is InChI=1S/C58H66N2/c1-54(2,3)45-19-21-49(22-20-45)58(59-50-29-23-46(24-30-50)55(4,5)6)39-37-44(38-40-58)42-15-13-41(14-16-42)43-17-31-51(32-18-43)60(52-33-25-47(26-34-52)56(7,8)9)53-35-27-48(28-36-53)57(10,11)12/h13-39,59H,40H2,1-12H3. The summed E-state index contributed by atoms with van der Waals surface area (Å²) in [4.78, 5) is 2.36. The van der Waals surface area contributed by atoms with E-state index in [0.29, 0.717) is 0 Å². The van der Waals surface area contributed by atoms with Gasteiger partial charge >= 0.3 is 0 Å². The summed E-state index contributed by atoms with van der Waals surface area (Å²) in [5.41, 5.74) is 16.1. The molecule has 0 heterocycles. The van der Waals surface area contributed by atoms with E-state index >= 15 is 0 Å².